The Kier molecular flexibility index (Phi) is 6.64. The number of hydrogen-bond acceptors (Lipinski definition) is 4. The zero-order valence-corrected chi connectivity index (χ0v) is 16.8. The number of carbonyl (C=O) groups is 1. The van der Waals surface area contributed by atoms with Crippen molar-refractivity contribution in [2.75, 3.05) is 11.1 Å². The predicted molar refractivity (Wildman–Crippen MR) is 101 cm³/mol. The second-order valence-corrected chi connectivity index (χ2v) is 8.41. The van der Waals surface area contributed by atoms with Gasteiger partial charge >= 0.3 is 6.18 Å². The van der Waals surface area contributed by atoms with E-state index in [2.05, 4.69) is 21.2 Å². The number of rotatable bonds is 5. The zero-order chi connectivity index (χ0) is 21.1. The molecule has 148 valence electrons. The monoisotopic (exact) mass is 471 g/mol. The third-order valence-corrected chi connectivity index (χ3v) is 5.83. The van der Waals surface area contributed by atoms with Gasteiger partial charge in [0.2, 0.25) is 0 Å². The lowest BCUT2D eigenvalue weighted by molar-refractivity contribution is -0.137. The van der Waals surface area contributed by atoms with Gasteiger partial charge in [-0.05, 0) is 49.4 Å². The smallest absolute Gasteiger partial charge is 0.379 e. The van der Waals surface area contributed by atoms with Gasteiger partial charge in [-0.3, -0.25) is 9.00 Å². The Balaban J connectivity index is 2.18. The van der Waals surface area contributed by atoms with Crippen LogP contribution in [0, 0.1) is 11.3 Å². The first kappa shape index (κ1) is 22.1. The van der Waals surface area contributed by atoms with Crippen molar-refractivity contribution < 1.29 is 27.3 Å². The average molecular weight is 471 g/mol. The number of nitrogens with one attached hydrogen (secondary N) is 1. The minimum Gasteiger partial charge on any atom is -0.379 e. The molecule has 0 bridgehead atoms. The molecule has 2 aromatic rings. The quantitative estimate of drug-likeness (QED) is 0.694. The number of hydrogen-bond donors (Lipinski definition) is 2. The van der Waals surface area contributed by atoms with E-state index in [1.807, 2.05) is 0 Å². The van der Waals surface area contributed by atoms with E-state index in [9.17, 15) is 27.3 Å². The Morgan fingerprint density at radius 3 is 2.39 bits per heavy atom. The summed E-state index contributed by atoms with van der Waals surface area (Å²) in [6, 6.07) is 10.5. The van der Waals surface area contributed by atoms with Crippen LogP contribution < -0.4 is 5.32 Å². The fourth-order valence-electron chi connectivity index (χ4n) is 2.21. The van der Waals surface area contributed by atoms with Crippen LogP contribution in [0.5, 0.6) is 0 Å². The van der Waals surface area contributed by atoms with Crippen LogP contribution in [0.3, 0.4) is 0 Å². The minimum absolute atomic E-state index is 0.244. The fraction of sp³-hybridized carbons (Fsp3) is 0.222. The summed E-state index contributed by atoms with van der Waals surface area (Å²) in [7, 11) is -1.72. The van der Waals surface area contributed by atoms with E-state index < -0.39 is 45.4 Å². The number of aliphatic hydroxyl groups is 1. The summed E-state index contributed by atoms with van der Waals surface area (Å²) in [5, 5.41) is 21.3. The Hall–Kier alpha value is -2.22. The van der Waals surface area contributed by atoms with Crippen LogP contribution in [0.2, 0.25) is 0 Å². The van der Waals surface area contributed by atoms with Crippen molar-refractivity contribution in [1.82, 2.24) is 0 Å². The number of nitriles is 1. The third-order valence-electron chi connectivity index (χ3n) is 3.68. The van der Waals surface area contributed by atoms with Crippen molar-refractivity contribution in [3.63, 3.8) is 0 Å². The van der Waals surface area contributed by atoms with Gasteiger partial charge in [-0.2, -0.15) is 18.4 Å². The van der Waals surface area contributed by atoms with Crippen molar-refractivity contribution in [2.24, 2.45) is 0 Å². The molecule has 1 amide bonds. The lowest BCUT2D eigenvalue weighted by Gasteiger charge is -2.22. The first-order valence-corrected chi connectivity index (χ1v) is 9.84. The van der Waals surface area contributed by atoms with Crippen molar-refractivity contribution in [2.45, 2.75) is 23.6 Å². The predicted octanol–water partition coefficient (Wildman–Crippen LogP) is 3.84. The Morgan fingerprint density at radius 2 is 1.86 bits per heavy atom. The summed E-state index contributed by atoms with van der Waals surface area (Å²) in [5.41, 5.74) is -4.14. The molecule has 2 N–H and O–H groups in total. The minimum atomic E-state index is -4.78. The summed E-state index contributed by atoms with van der Waals surface area (Å²) in [5.74, 6) is -1.47. The van der Waals surface area contributed by atoms with E-state index in [1.54, 1.807) is 24.3 Å². The molecule has 0 saturated carbocycles. The van der Waals surface area contributed by atoms with E-state index in [-0.39, 0.29) is 5.69 Å². The largest absolute Gasteiger partial charge is 0.417 e. The highest BCUT2D eigenvalue weighted by Crippen LogP contribution is 2.33. The van der Waals surface area contributed by atoms with E-state index >= 15 is 0 Å². The molecule has 2 rings (SSSR count). The molecule has 0 aromatic heterocycles. The molecule has 0 aliphatic carbocycles. The van der Waals surface area contributed by atoms with Gasteiger partial charge in [-0.15, -0.1) is 0 Å². The third kappa shape index (κ3) is 5.41. The van der Waals surface area contributed by atoms with Crippen molar-refractivity contribution in [1.29, 1.82) is 5.26 Å². The van der Waals surface area contributed by atoms with Crippen LogP contribution in [-0.4, -0.2) is 26.6 Å². The van der Waals surface area contributed by atoms with Crippen molar-refractivity contribution in [3.05, 3.63) is 58.1 Å². The van der Waals surface area contributed by atoms with Gasteiger partial charge in [0.25, 0.3) is 5.91 Å². The lowest BCUT2D eigenvalue weighted by Crippen LogP contribution is -2.44. The molecular weight excluding hydrogens is 457 g/mol. The highest BCUT2D eigenvalue weighted by molar-refractivity contribution is 9.10. The number of alkyl halides is 3. The first-order chi connectivity index (χ1) is 12.9. The topological polar surface area (TPSA) is 90.2 Å². The van der Waals surface area contributed by atoms with E-state index in [0.29, 0.717) is 11.0 Å². The SMILES string of the molecule is CC(O)(CS(=O)c1ccc([76Br])cc1)C(=O)Nc1ccc(C#N)c(C(F)(F)F)c1. The van der Waals surface area contributed by atoms with E-state index in [1.165, 1.54) is 6.07 Å². The number of benzene rings is 2. The maximum Gasteiger partial charge on any atom is 0.417 e. The van der Waals surface area contributed by atoms with E-state index in [4.69, 9.17) is 5.26 Å². The average Bonchev–Trinajstić information content (AvgIpc) is 2.61. The van der Waals surface area contributed by atoms with Gasteiger partial charge in [0, 0.05) is 15.1 Å². The van der Waals surface area contributed by atoms with Gasteiger partial charge in [-0.25, -0.2) is 0 Å². The Morgan fingerprint density at radius 1 is 1.25 bits per heavy atom. The molecule has 0 fully saturated rings. The van der Waals surface area contributed by atoms with Gasteiger partial charge < -0.3 is 10.4 Å². The van der Waals surface area contributed by atoms with Gasteiger partial charge in [0.05, 0.1) is 33.7 Å². The van der Waals surface area contributed by atoms with Crippen LogP contribution >= 0.6 is 15.9 Å². The Bertz CT molecular complexity index is 954. The second kappa shape index (κ2) is 8.43. The summed E-state index contributed by atoms with van der Waals surface area (Å²) in [6.07, 6.45) is -4.78. The molecule has 28 heavy (non-hydrogen) atoms. The molecule has 2 atom stereocenters. The summed E-state index contributed by atoms with van der Waals surface area (Å²) < 4.78 is 52.2. The molecular formula is C18H14BrF3N2O3S. The summed E-state index contributed by atoms with van der Waals surface area (Å²) >= 11 is 3.23. The molecule has 0 radical (unpaired) electrons. The molecule has 0 heterocycles. The summed E-state index contributed by atoms with van der Waals surface area (Å²) in [4.78, 5) is 12.7. The van der Waals surface area contributed by atoms with Crippen molar-refractivity contribution >= 4 is 38.3 Å². The molecule has 0 spiro atoms. The molecule has 0 aliphatic heterocycles. The zero-order valence-electron chi connectivity index (χ0n) is 14.4. The van der Waals surface area contributed by atoms with Gasteiger partial charge in [0.15, 0.2) is 5.60 Å². The Labute approximate surface area is 169 Å². The van der Waals surface area contributed by atoms with Crippen molar-refractivity contribution in [3.8, 4) is 6.07 Å². The van der Waals surface area contributed by atoms with Gasteiger partial charge in [0.1, 0.15) is 0 Å². The van der Waals surface area contributed by atoms with Crippen LogP contribution in [0.25, 0.3) is 0 Å². The number of nitrogens with zero attached hydrogens (tertiary/aromatic N) is 1. The maximum absolute atomic E-state index is 13.0. The fourth-order valence-corrected chi connectivity index (χ4v) is 3.72. The molecule has 2 aromatic carbocycles. The number of halogens is 4. The second-order valence-electron chi connectivity index (χ2n) is 6.04. The van der Waals surface area contributed by atoms with Crippen LogP contribution in [-0.2, 0) is 21.8 Å². The molecule has 10 heteroatoms. The highest BCUT2D eigenvalue weighted by Gasteiger charge is 2.36. The molecule has 5 nitrogen and oxygen atoms in total. The first-order valence-electron chi connectivity index (χ1n) is 7.73. The highest BCUT2D eigenvalue weighted by atomic mass is 75.9. The lowest BCUT2D eigenvalue weighted by atomic mass is 10.1. The molecule has 2 unspecified atom stereocenters. The van der Waals surface area contributed by atoms with E-state index in [0.717, 1.165) is 23.5 Å². The molecule has 0 saturated heterocycles. The van der Waals surface area contributed by atoms with Crippen LogP contribution in [0.1, 0.15) is 18.1 Å². The summed E-state index contributed by atoms with van der Waals surface area (Å²) in [6.45, 7) is 1.12. The van der Waals surface area contributed by atoms with Gasteiger partial charge in [-0.1, -0.05) is 15.9 Å². The number of carbonyl (C=O) groups excluding carboxylic acids is 1. The standard InChI is InChI=1S/C18H14BrF3N2O3S/c1-17(26,10-28(27)14-6-3-12(19)4-7-14)16(25)24-13-5-2-11(9-23)15(8-13)18(20,21)22/h2-8,26H,10H2,1H3,(H,24,25)/i19-4. The van der Waals surface area contributed by atoms with Crippen LogP contribution in [0.15, 0.2) is 51.8 Å². The molecule has 0 aliphatic rings. The normalized spacial score (nSPS) is 14.6. The van der Waals surface area contributed by atoms with Crippen LogP contribution in [0.4, 0.5) is 18.9 Å². The number of amides is 1. The number of anilines is 1. The maximum atomic E-state index is 13.0.